The number of fused-ring (bicyclic) bond motifs is 1. The summed E-state index contributed by atoms with van der Waals surface area (Å²) in [5.74, 6) is 0.384. The highest BCUT2D eigenvalue weighted by atomic mass is 35.5. The first-order valence-corrected chi connectivity index (χ1v) is 8.56. The maximum atomic E-state index is 6.32. The van der Waals surface area contributed by atoms with E-state index in [4.69, 9.17) is 26.6 Å². The van der Waals surface area contributed by atoms with Crippen molar-refractivity contribution in [3.63, 3.8) is 0 Å². The molecule has 130 valence electrons. The Balaban J connectivity index is 1.72. The highest BCUT2D eigenvalue weighted by molar-refractivity contribution is 6.33. The van der Waals surface area contributed by atoms with Crippen LogP contribution in [0.5, 0.6) is 5.88 Å². The minimum absolute atomic E-state index is 0.273. The van der Waals surface area contributed by atoms with Crippen LogP contribution in [0.2, 0.25) is 5.02 Å². The summed E-state index contributed by atoms with van der Waals surface area (Å²) >= 11 is 6.32. The van der Waals surface area contributed by atoms with E-state index in [1.165, 1.54) is 0 Å². The van der Waals surface area contributed by atoms with Gasteiger partial charge in [0.1, 0.15) is 0 Å². The van der Waals surface area contributed by atoms with Gasteiger partial charge in [-0.25, -0.2) is 0 Å². The van der Waals surface area contributed by atoms with Crippen molar-refractivity contribution < 1.29 is 9.26 Å². The number of halogens is 1. The molecule has 4 aromatic rings. The normalized spacial score (nSPS) is 12.2. The average Bonchev–Trinajstić information content (AvgIpc) is 3.09. The Morgan fingerprint density at radius 1 is 1.08 bits per heavy atom. The van der Waals surface area contributed by atoms with Gasteiger partial charge in [0.15, 0.2) is 11.7 Å². The zero-order chi connectivity index (χ0) is 17.9. The first-order valence-electron chi connectivity index (χ1n) is 8.18. The molecule has 2 N–H and O–H groups in total. The van der Waals surface area contributed by atoms with E-state index in [-0.39, 0.29) is 6.54 Å². The van der Waals surface area contributed by atoms with Gasteiger partial charge < -0.3 is 15.0 Å². The van der Waals surface area contributed by atoms with Crippen LogP contribution in [0.4, 0.5) is 0 Å². The van der Waals surface area contributed by atoms with Gasteiger partial charge >= 0.3 is 0 Å². The summed E-state index contributed by atoms with van der Waals surface area (Å²) in [6.07, 6.45) is 1.30. The highest BCUT2D eigenvalue weighted by Crippen LogP contribution is 2.34. The average molecular weight is 366 g/mol. The number of benzene rings is 2. The Labute approximate surface area is 155 Å². The second-order valence-corrected chi connectivity index (χ2v) is 6.18. The van der Waals surface area contributed by atoms with Crippen LogP contribution in [0.15, 0.2) is 71.4 Å². The van der Waals surface area contributed by atoms with E-state index in [1.807, 2.05) is 60.7 Å². The predicted octanol–water partition coefficient (Wildman–Crippen LogP) is 4.62. The molecule has 2 heterocycles. The maximum absolute atomic E-state index is 6.32. The summed E-state index contributed by atoms with van der Waals surface area (Å²) in [4.78, 5) is 4.31. The van der Waals surface area contributed by atoms with E-state index in [0.29, 0.717) is 16.5 Å². The van der Waals surface area contributed by atoms with Gasteiger partial charge in [-0.1, -0.05) is 41.9 Å². The molecule has 4 rings (SSSR count). The van der Waals surface area contributed by atoms with Crippen LogP contribution in [-0.4, -0.2) is 16.7 Å². The highest BCUT2D eigenvalue weighted by Gasteiger charge is 2.18. The maximum Gasteiger partial charge on any atom is 0.262 e. The van der Waals surface area contributed by atoms with Gasteiger partial charge in [-0.2, -0.15) is 0 Å². The molecule has 26 heavy (non-hydrogen) atoms. The molecule has 6 heteroatoms. The Bertz CT molecular complexity index is 1030. The van der Waals surface area contributed by atoms with Crippen LogP contribution in [0.25, 0.3) is 22.1 Å². The number of hydrogen-bond donors (Lipinski definition) is 1. The van der Waals surface area contributed by atoms with Gasteiger partial charge in [0.25, 0.3) is 5.88 Å². The molecule has 1 atom stereocenters. The lowest BCUT2D eigenvalue weighted by Crippen LogP contribution is -2.19. The SMILES string of the molecule is NCC(Oc1noc2ccc(-c3ccccc3Cl)cc12)c1ccccn1. The smallest absolute Gasteiger partial charge is 0.262 e. The van der Waals surface area contributed by atoms with E-state index >= 15 is 0 Å². The minimum Gasteiger partial charge on any atom is -0.464 e. The molecule has 2 aromatic heterocycles. The second kappa shape index (κ2) is 7.15. The summed E-state index contributed by atoms with van der Waals surface area (Å²) in [6, 6.07) is 19.0. The molecule has 0 fully saturated rings. The third kappa shape index (κ3) is 3.14. The van der Waals surface area contributed by atoms with Crippen molar-refractivity contribution in [2.45, 2.75) is 6.10 Å². The van der Waals surface area contributed by atoms with Crippen LogP contribution in [-0.2, 0) is 0 Å². The molecule has 0 aliphatic carbocycles. The third-order valence-electron chi connectivity index (χ3n) is 4.11. The van der Waals surface area contributed by atoms with Crippen molar-refractivity contribution in [1.29, 1.82) is 0 Å². The largest absolute Gasteiger partial charge is 0.464 e. The van der Waals surface area contributed by atoms with E-state index in [2.05, 4.69) is 10.1 Å². The molecular weight excluding hydrogens is 350 g/mol. The van der Waals surface area contributed by atoms with Crippen molar-refractivity contribution in [1.82, 2.24) is 10.1 Å². The van der Waals surface area contributed by atoms with E-state index in [1.54, 1.807) is 6.20 Å². The monoisotopic (exact) mass is 365 g/mol. The van der Waals surface area contributed by atoms with Gasteiger partial charge in [-0.15, -0.1) is 0 Å². The summed E-state index contributed by atoms with van der Waals surface area (Å²) in [5.41, 5.74) is 9.13. The lowest BCUT2D eigenvalue weighted by atomic mass is 10.0. The fraction of sp³-hybridized carbons (Fsp3) is 0.100. The van der Waals surface area contributed by atoms with Crippen LogP contribution < -0.4 is 10.5 Å². The molecule has 0 saturated heterocycles. The lowest BCUT2D eigenvalue weighted by molar-refractivity contribution is 0.192. The topological polar surface area (TPSA) is 74.2 Å². The molecule has 5 nitrogen and oxygen atoms in total. The van der Waals surface area contributed by atoms with Crippen molar-refractivity contribution >= 4 is 22.6 Å². The molecule has 0 aliphatic rings. The van der Waals surface area contributed by atoms with Crippen molar-refractivity contribution in [3.05, 3.63) is 77.6 Å². The fourth-order valence-electron chi connectivity index (χ4n) is 2.79. The van der Waals surface area contributed by atoms with Crippen LogP contribution in [0, 0.1) is 0 Å². The fourth-order valence-corrected chi connectivity index (χ4v) is 3.04. The molecule has 0 aliphatic heterocycles. The van der Waals surface area contributed by atoms with Crippen molar-refractivity contribution in [2.24, 2.45) is 5.73 Å². The summed E-state index contributed by atoms with van der Waals surface area (Å²) < 4.78 is 11.4. The van der Waals surface area contributed by atoms with Crippen LogP contribution in [0.1, 0.15) is 11.8 Å². The molecule has 1 unspecified atom stereocenters. The second-order valence-electron chi connectivity index (χ2n) is 5.78. The number of nitrogens with two attached hydrogens (primary N) is 1. The van der Waals surface area contributed by atoms with Crippen LogP contribution >= 0.6 is 11.6 Å². The Kier molecular flexibility index (Phi) is 4.56. The van der Waals surface area contributed by atoms with Gasteiger partial charge in [0.2, 0.25) is 0 Å². The van der Waals surface area contributed by atoms with Crippen molar-refractivity contribution in [2.75, 3.05) is 6.54 Å². The Hall–Kier alpha value is -2.89. The van der Waals surface area contributed by atoms with Gasteiger partial charge in [-0.3, -0.25) is 4.98 Å². The number of ether oxygens (including phenoxy) is 1. The van der Waals surface area contributed by atoms with E-state index in [9.17, 15) is 0 Å². The summed E-state index contributed by atoms with van der Waals surface area (Å²) in [6.45, 7) is 0.273. The molecule has 0 amide bonds. The van der Waals surface area contributed by atoms with Gasteiger partial charge in [0.05, 0.1) is 11.1 Å². The van der Waals surface area contributed by atoms with Crippen LogP contribution in [0.3, 0.4) is 0 Å². The van der Waals surface area contributed by atoms with Crippen molar-refractivity contribution in [3.8, 4) is 17.0 Å². The Morgan fingerprint density at radius 3 is 2.69 bits per heavy atom. The van der Waals surface area contributed by atoms with Gasteiger partial charge in [0, 0.05) is 23.3 Å². The number of aromatic nitrogens is 2. The first kappa shape index (κ1) is 16.6. The first-order chi connectivity index (χ1) is 12.8. The standard InChI is InChI=1S/C20H16ClN3O2/c21-16-6-2-1-5-14(16)13-8-9-18-15(11-13)20(24-26-18)25-19(12-22)17-7-3-4-10-23-17/h1-11,19H,12,22H2. The number of rotatable bonds is 5. The number of nitrogens with zero attached hydrogens (tertiary/aromatic N) is 2. The zero-order valence-corrected chi connectivity index (χ0v) is 14.6. The molecule has 0 saturated carbocycles. The third-order valence-corrected chi connectivity index (χ3v) is 4.44. The quantitative estimate of drug-likeness (QED) is 0.558. The zero-order valence-electron chi connectivity index (χ0n) is 13.8. The number of pyridine rings is 1. The van der Waals surface area contributed by atoms with Gasteiger partial charge in [-0.05, 0) is 41.1 Å². The predicted molar refractivity (Wildman–Crippen MR) is 101 cm³/mol. The molecular formula is C20H16ClN3O2. The molecule has 2 aromatic carbocycles. The summed E-state index contributed by atoms with van der Waals surface area (Å²) in [5, 5.41) is 5.49. The van der Waals surface area contributed by atoms with E-state index < -0.39 is 6.10 Å². The lowest BCUT2D eigenvalue weighted by Gasteiger charge is -2.14. The molecule has 0 spiro atoms. The Morgan fingerprint density at radius 2 is 1.92 bits per heavy atom. The molecule has 0 bridgehead atoms. The number of hydrogen-bond acceptors (Lipinski definition) is 5. The minimum atomic E-state index is -0.409. The van der Waals surface area contributed by atoms with E-state index in [0.717, 1.165) is 22.2 Å². The molecule has 0 radical (unpaired) electrons. The summed E-state index contributed by atoms with van der Waals surface area (Å²) in [7, 11) is 0.